The van der Waals surface area contributed by atoms with Crippen molar-refractivity contribution in [2.45, 2.75) is 26.2 Å². The fourth-order valence-corrected chi connectivity index (χ4v) is 3.08. The highest BCUT2D eigenvalue weighted by Crippen LogP contribution is 2.18. The number of carbonyl (C=O) groups excluding carboxylic acids is 2. The van der Waals surface area contributed by atoms with Crippen LogP contribution in [0.3, 0.4) is 0 Å². The zero-order valence-electron chi connectivity index (χ0n) is 16.1. The van der Waals surface area contributed by atoms with Crippen LogP contribution in [0.15, 0.2) is 60.8 Å². The van der Waals surface area contributed by atoms with Crippen molar-refractivity contribution in [3.8, 4) is 0 Å². The fraction of sp³-hybridized carbons (Fsp3) is 0.261. The molecule has 0 saturated carbocycles. The number of pyridine rings is 1. The maximum absolute atomic E-state index is 12.5. The highest BCUT2D eigenvalue weighted by Gasteiger charge is 2.16. The summed E-state index contributed by atoms with van der Waals surface area (Å²) in [4.78, 5) is 28.7. The molecule has 0 radical (unpaired) electrons. The lowest BCUT2D eigenvalue weighted by Crippen LogP contribution is -2.26. The summed E-state index contributed by atoms with van der Waals surface area (Å²) in [5, 5.41) is 3.90. The molecule has 144 valence electrons. The van der Waals surface area contributed by atoms with Crippen molar-refractivity contribution in [2.24, 2.45) is 0 Å². The van der Waals surface area contributed by atoms with Crippen LogP contribution in [0.5, 0.6) is 0 Å². The molecule has 2 aromatic carbocycles. The van der Waals surface area contributed by atoms with Gasteiger partial charge in [0.05, 0.1) is 23.6 Å². The minimum absolute atomic E-state index is 0.128. The van der Waals surface area contributed by atoms with Gasteiger partial charge in [0, 0.05) is 18.1 Å². The largest absolute Gasteiger partial charge is 0.466 e. The maximum atomic E-state index is 12.5. The number of fused-ring (bicyclic) bond motifs is 1. The van der Waals surface area contributed by atoms with Crippen LogP contribution < -0.4 is 5.32 Å². The molecule has 0 fully saturated rings. The molecule has 1 heterocycles. The number of ether oxygens (including phenoxy) is 1. The minimum atomic E-state index is -0.285. The van der Waals surface area contributed by atoms with Gasteiger partial charge in [-0.15, -0.1) is 0 Å². The zero-order valence-corrected chi connectivity index (χ0v) is 16.1. The van der Waals surface area contributed by atoms with Gasteiger partial charge in [0.15, 0.2) is 0 Å². The summed E-state index contributed by atoms with van der Waals surface area (Å²) < 4.78 is 5.06. The van der Waals surface area contributed by atoms with Gasteiger partial charge in [-0.05, 0) is 43.5 Å². The predicted octanol–water partition coefficient (Wildman–Crippen LogP) is 3.87. The first-order valence-electron chi connectivity index (χ1n) is 9.47. The molecule has 1 unspecified atom stereocenters. The number of hydrogen-bond acceptors (Lipinski definition) is 4. The molecular formula is C23H24N2O3. The highest BCUT2D eigenvalue weighted by atomic mass is 16.5. The first-order valence-corrected chi connectivity index (χ1v) is 9.47. The van der Waals surface area contributed by atoms with Crippen LogP contribution in [0, 0.1) is 0 Å². The van der Waals surface area contributed by atoms with Gasteiger partial charge in [0.1, 0.15) is 0 Å². The van der Waals surface area contributed by atoms with E-state index in [1.807, 2.05) is 55.5 Å². The number of aromatic nitrogens is 1. The van der Waals surface area contributed by atoms with E-state index in [0.29, 0.717) is 30.7 Å². The van der Waals surface area contributed by atoms with Crippen LogP contribution >= 0.6 is 0 Å². The molecule has 0 bridgehead atoms. The monoisotopic (exact) mass is 376 g/mol. The van der Waals surface area contributed by atoms with Gasteiger partial charge in [-0.25, -0.2) is 0 Å². The lowest BCUT2D eigenvalue weighted by atomic mass is 9.99. The molecule has 0 aliphatic rings. The third kappa shape index (κ3) is 4.55. The first kappa shape index (κ1) is 19.5. The van der Waals surface area contributed by atoms with Crippen LogP contribution in [-0.2, 0) is 16.0 Å². The number of nitrogens with one attached hydrogen (secondary N) is 1. The number of esters is 1. The number of nitrogens with zero attached hydrogens (tertiary/aromatic N) is 1. The van der Waals surface area contributed by atoms with Gasteiger partial charge in [0.25, 0.3) is 5.91 Å². The van der Waals surface area contributed by atoms with E-state index in [9.17, 15) is 9.59 Å². The Balaban J connectivity index is 1.57. The van der Waals surface area contributed by atoms with Gasteiger partial charge < -0.3 is 10.1 Å². The predicted molar refractivity (Wildman–Crippen MR) is 109 cm³/mol. The number of para-hydroxylation sites is 1. The van der Waals surface area contributed by atoms with Crippen molar-refractivity contribution in [3.05, 3.63) is 77.5 Å². The van der Waals surface area contributed by atoms with Gasteiger partial charge in [0.2, 0.25) is 0 Å². The van der Waals surface area contributed by atoms with Crippen LogP contribution in [0.25, 0.3) is 10.9 Å². The second kappa shape index (κ2) is 9.13. The summed E-state index contributed by atoms with van der Waals surface area (Å²) in [5.41, 5.74) is 3.31. The average Bonchev–Trinajstić information content (AvgIpc) is 2.73. The normalized spacial score (nSPS) is 11.8. The quantitative estimate of drug-likeness (QED) is 0.636. The number of hydrogen-bond donors (Lipinski definition) is 1. The van der Waals surface area contributed by atoms with E-state index < -0.39 is 0 Å². The number of rotatable bonds is 7. The Morgan fingerprint density at radius 1 is 1.07 bits per heavy atom. The summed E-state index contributed by atoms with van der Waals surface area (Å²) in [7, 11) is 0. The van der Waals surface area contributed by atoms with Gasteiger partial charge in [-0.3, -0.25) is 14.6 Å². The Morgan fingerprint density at radius 3 is 2.57 bits per heavy atom. The smallest absolute Gasteiger partial charge is 0.313 e. The second-order valence-corrected chi connectivity index (χ2v) is 6.60. The Labute approximate surface area is 164 Å². The van der Waals surface area contributed by atoms with E-state index in [1.165, 1.54) is 0 Å². The number of carbonyl (C=O) groups is 2. The Hall–Kier alpha value is -3.21. The lowest BCUT2D eigenvalue weighted by Gasteiger charge is -2.12. The van der Waals surface area contributed by atoms with Crippen molar-refractivity contribution in [3.63, 3.8) is 0 Å². The summed E-state index contributed by atoms with van der Waals surface area (Å²) in [5.74, 6) is -0.629. The van der Waals surface area contributed by atoms with E-state index >= 15 is 0 Å². The topological polar surface area (TPSA) is 68.3 Å². The number of amides is 1. The third-order valence-corrected chi connectivity index (χ3v) is 4.70. The number of benzene rings is 2. The van der Waals surface area contributed by atoms with Crippen LogP contribution in [0.1, 0.15) is 41.3 Å². The molecule has 0 aliphatic heterocycles. The Morgan fingerprint density at radius 2 is 1.82 bits per heavy atom. The van der Waals surface area contributed by atoms with E-state index in [0.717, 1.165) is 16.5 Å². The van der Waals surface area contributed by atoms with Gasteiger partial charge >= 0.3 is 5.97 Å². The highest BCUT2D eigenvalue weighted by molar-refractivity contribution is 6.05. The molecule has 1 atom stereocenters. The summed E-state index contributed by atoms with van der Waals surface area (Å²) in [6, 6.07) is 17.2. The molecular weight excluding hydrogens is 352 g/mol. The molecule has 1 N–H and O–H groups in total. The van der Waals surface area contributed by atoms with Crippen molar-refractivity contribution in [2.75, 3.05) is 13.2 Å². The molecule has 3 rings (SSSR count). The van der Waals surface area contributed by atoms with Gasteiger partial charge in [-0.2, -0.15) is 0 Å². The molecule has 0 saturated heterocycles. The zero-order chi connectivity index (χ0) is 19.9. The van der Waals surface area contributed by atoms with E-state index in [4.69, 9.17) is 4.74 Å². The van der Waals surface area contributed by atoms with Gasteiger partial charge in [-0.1, -0.05) is 42.5 Å². The average molecular weight is 376 g/mol. The van der Waals surface area contributed by atoms with Crippen LogP contribution in [-0.4, -0.2) is 30.0 Å². The molecule has 5 heteroatoms. The maximum Gasteiger partial charge on any atom is 0.313 e. The first-order chi connectivity index (χ1) is 13.6. The summed E-state index contributed by atoms with van der Waals surface area (Å²) in [6.07, 6.45) is 2.40. The standard InChI is InChI=1S/C23H24N2O3/c1-3-28-23(27)16(2)18-11-9-17(10-12-18)13-15-25-22(26)20-8-4-6-19-7-5-14-24-21(19)20/h4-12,14,16H,3,13,15H2,1-2H3,(H,25,26). The van der Waals surface area contributed by atoms with Crippen LogP contribution in [0.4, 0.5) is 0 Å². The molecule has 0 aliphatic carbocycles. The van der Waals surface area contributed by atoms with E-state index in [-0.39, 0.29) is 17.8 Å². The molecule has 0 spiro atoms. The lowest BCUT2D eigenvalue weighted by molar-refractivity contribution is -0.144. The summed E-state index contributed by atoms with van der Waals surface area (Å²) in [6.45, 7) is 4.55. The SMILES string of the molecule is CCOC(=O)C(C)c1ccc(CCNC(=O)c2cccc3cccnc23)cc1. The molecule has 3 aromatic rings. The van der Waals surface area contributed by atoms with E-state index in [2.05, 4.69) is 10.3 Å². The van der Waals surface area contributed by atoms with E-state index in [1.54, 1.807) is 19.2 Å². The molecule has 5 nitrogen and oxygen atoms in total. The minimum Gasteiger partial charge on any atom is -0.466 e. The Kier molecular flexibility index (Phi) is 6.37. The molecule has 1 aromatic heterocycles. The van der Waals surface area contributed by atoms with Crippen molar-refractivity contribution in [1.82, 2.24) is 10.3 Å². The van der Waals surface area contributed by atoms with Crippen molar-refractivity contribution < 1.29 is 14.3 Å². The van der Waals surface area contributed by atoms with Crippen LogP contribution in [0.2, 0.25) is 0 Å². The molecule has 28 heavy (non-hydrogen) atoms. The second-order valence-electron chi connectivity index (χ2n) is 6.60. The van der Waals surface area contributed by atoms with Crippen molar-refractivity contribution in [1.29, 1.82) is 0 Å². The summed E-state index contributed by atoms with van der Waals surface area (Å²) >= 11 is 0. The van der Waals surface area contributed by atoms with Crippen molar-refractivity contribution >= 4 is 22.8 Å². The third-order valence-electron chi connectivity index (χ3n) is 4.70. The fourth-order valence-electron chi connectivity index (χ4n) is 3.08. The Bertz CT molecular complexity index is 962. The molecule has 1 amide bonds.